The van der Waals surface area contributed by atoms with Crippen molar-refractivity contribution in [2.24, 2.45) is 0 Å². The van der Waals surface area contributed by atoms with Crippen molar-refractivity contribution in [3.8, 4) is 0 Å². The standard InChI is InChI=1S/C19H26N4O/c1-15-16(20-17-6-3-4-12-23(15)17)14-22-11-5-8-19(10-13-22)9-7-18(24)21(19)2/h3-4,6,12H,5,7-11,13-14H2,1-2H3/t19-/m0/s1. The molecule has 1 spiro atoms. The first kappa shape index (κ1) is 15.6. The second-order valence-electron chi connectivity index (χ2n) is 7.38. The number of carbonyl (C=O) groups is 1. The number of carbonyl (C=O) groups excluding carboxylic acids is 1. The van der Waals surface area contributed by atoms with Crippen molar-refractivity contribution < 1.29 is 4.79 Å². The number of hydrogen-bond acceptors (Lipinski definition) is 3. The minimum Gasteiger partial charge on any atom is -0.340 e. The van der Waals surface area contributed by atoms with Crippen LogP contribution in [0.3, 0.4) is 0 Å². The van der Waals surface area contributed by atoms with E-state index >= 15 is 0 Å². The van der Waals surface area contributed by atoms with Crippen molar-refractivity contribution in [1.29, 1.82) is 0 Å². The summed E-state index contributed by atoms with van der Waals surface area (Å²) in [4.78, 5) is 21.3. The van der Waals surface area contributed by atoms with Gasteiger partial charge in [-0.05, 0) is 51.3 Å². The minimum atomic E-state index is 0.111. The number of nitrogens with zero attached hydrogens (tertiary/aromatic N) is 4. The summed E-state index contributed by atoms with van der Waals surface area (Å²) in [6.07, 6.45) is 7.21. The summed E-state index contributed by atoms with van der Waals surface area (Å²) in [6.45, 7) is 5.20. The maximum Gasteiger partial charge on any atom is 0.222 e. The number of pyridine rings is 1. The lowest BCUT2D eigenvalue weighted by atomic mass is 9.88. The van der Waals surface area contributed by atoms with Gasteiger partial charge in [-0.15, -0.1) is 0 Å². The van der Waals surface area contributed by atoms with Crippen molar-refractivity contribution >= 4 is 11.6 Å². The van der Waals surface area contributed by atoms with Crippen LogP contribution in [-0.2, 0) is 11.3 Å². The zero-order chi connectivity index (χ0) is 16.7. The Kier molecular flexibility index (Phi) is 3.83. The van der Waals surface area contributed by atoms with Crippen molar-refractivity contribution in [1.82, 2.24) is 19.2 Å². The molecular weight excluding hydrogens is 300 g/mol. The van der Waals surface area contributed by atoms with Crippen LogP contribution in [0.1, 0.15) is 43.5 Å². The van der Waals surface area contributed by atoms with Crippen LogP contribution in [0.25, 0.3) is 5.65 Å². The molecule has 0 aromatic carbocycles. The van der Waals surface area contributed by atoms with Gasteiger partial charge in [0.25, 0.3) is 0 Å². The van der Waals surface area contributed by atoms with Gasteiger partial charge in [0.15, 0.2) is 0 Å². The summed E-state index contributed by atoms with van der Waals surface area (Å²) < 4.78 is 2.16. The van der Waals surface area contributed by atoms with Gasteiger partial charge in [-0.25, -0.2) is 4.98 Å². The number of aryl methyl sites for hydroxylation is 1. The Balaban J connectivity index is 1.50. The Hall–Kier alpha value is -1.88. The van der Waals surface area contributed by atoms with Gasteiger partial charge in [0.1, 0.15) is 5.65 Å². The topological polar surface area (TPSA) is 40.9 Å². The summed E-state index contributed by atoms with van der Waals surface area (Å²) in [5, 5.41) is 0. The molecule has 4 rings (SSSR count). The molecule has 1 atom stereocenters. The van der Waals surface area contributed by atoms with Gasteiger partial charge in [-0.3, -0.25) is 9.69 Å². The first-order chi connectivity index (χ1) is 11.6. The smallest absolute Gasteiger partial charge is 0.222 e. The number of amides is 1. The molecule has 0 bridgehead atoms. The van der Waals surface area contributed by atoms with Crippen molar-refractivity contribution in [2.45, 2.75) is 51.1 Å². The van der Waals surface area contributed by atoms with E-state index in [9.17, 15) is 4.79 Å². The van der Waals surface area contributed by atoms with Gasteiger partial charge < -0.3 is 9.30 Å². The van der Waals surface area contributed by atoms with Gasteiger partial charge in [-0.2, -0.15) is 0 Å². The molecule has 2 aliphatic heterocycles. The number of imidazole rings is 1. The molecule has 0 aliphatic carbocycles. The molecule has 2 aromatic heterocycles. The number of likely N-dealkylation sites (tertiary alicyclic amines) is 2. The van der Waals surface area contributed by atoms with Gasteiger partial charge >= 0.3 is 0 Å². The lowest BCUT2D eigenvalue weighted by Gasteiger charge is -2.35. The highest BCUT2D eigenvalue weighted by atomic mass is 16.2. The molecule has 4 heterocycles. The highest BCUT2D eigenvalue weighted by molar-refractivity contribution is 5.79. The zero-order valence-electron chi connectivity index (χ0n) is 14.7. The maximum atomic E-state index is 12.0. The third-order valence-electron chi connectivity index (χ3n) is 6.14. The van der Waals surface area contributed by atoms with Crippen LogP contribution >= 0.6 is 0 Å². The molecule has 0 unspecified atom stereocenters. The van der Waals surface area contributed by atoms with E-state index in [-0.39, 0.29) is 5.54 Å². The quantitative estimate of drug-likeness (QED) is 0.852. The fourth-order valence-corrected chi connectivity index (χ4v) is 4.45. The monoisotopic (exact) mass is 326 g/mol. The average Bonchev–Trinajstić information content (AvgIpc) is 2.95. The molecule has 0 N–H and O–H groups in total. The first-order valence-electron chi connectivity index (χ1n) is 9.01. The summed E-state index contributed by atoms with van der Waals surface area (Å²) >= 11 is 0. The normalized spacial score (nSPS) is 25.8. The number of fused-ring (bicyclic) bond motifs is 1. The molecule has 5 nitrogen and oxygen atoms in total. The van der Waals surface area contributed by atoms with E-state index in [4.69, 9.17) is 4.98 Å². The summed E-state index contributed by atoms with van der Waals surface area (Å²) in [5.41, 5.74) is 3.54. The van der Waals surface area contributed by atoms with Crippen LogP contribution in [0.15, 0.2) is 24.4 Å². The van der Waals surface area contributed by atoms with Crippen molar-refractivity contribution in [2.75, 3.05) is 20.1 Å². The van der Waals surface area contributed by atoms with E-state index in [0.717, 1.165) is 57.4 Å². The Morgan fingerprint density at radius 1 is 1.21 bits per heavy atom. The van der Waals surface area contributed by atoms with E-state index in [2.05, 4.69) is 28.5 Å². The molecule has 24 heavy (non-hydrogen) atoms. The molecule has 1 amide bonds. The van der Waals surface area contributed by atoms with Gasteiger partial charge in [0.05, 0.1) is 5.69 Å². The minimum absolute atomic E-state index is 0.111. The summed E-state index contributed by atoms with van der Waals surface area (Å²) in [5.74, 6) is 0.319. The van der Waals surface area contributed by atoms with E-state index in [1.165, 1.54) is 11.4 Å². The van der Waals surface area contributed by atoms with Crippen LogP contribution < -0.4 is 0 Å². The molecule has 0 radical (unpaired) electrons. The fourth-order valence-electron chi connectivity index (χ4n) is 4.45. The fraction of sp³-hybridized carbons (Fsp3) is 0.579. The summed E-state index contributed by atoms with van der Waals surface area (Å²) in [6, 6.07) is 6.15. The molecule has 5 heteroatoms. The van der Waals surface area contributed by atoms with Crippen LogP contribution in [0.2, 0.25) is 0 Å². The molecule has 128 valence electrons. The highest BCUT2D eigenvalue weighted by Gasteiger charge is 2.43. The van der Waals surface area contributed by atoms with Crippen LogP contribution in [-0.4, -0.2) is 50.8 Å². The Morgan fingerprint density at radius 3 is 2.83 bits per heavy atom. The Morgan fingerprint density at radius 2 is 2.08 bits per heavy atom. The van der Waals surface area contributed by atoms with Gasteiger partial charge in [0, 0.05) is 44.0 Å². The third kappa shape index (κ3) is 2.51. The molecule has 0 saturated carbocycles. The van der Waals surface area contributed by atoms with E-state index in [1.54, 1.807) is 0 Å². The molecular formula is C19H26N4O. The van der Waals surface area contributed by atoms with Gasteiger partial charge in [-0.1, -0.05) is 6.07 Å². The zero-order valence-corrected chi connectivity index (χ0v) is 14.7. The highest BCUT2D eigenvalue weighted by Crippen LogP contribution is 2.38. The van der Waals surface area contributed by atoms with Crippen LogP contribution in [0.4, 0.5) is 0 Å². The van der Waals surface area contributed by atoms with E-state index in [1.807, 2.05) is 24.1 Å². The largest absolute Gasteiger partial charge is 0.340 e. The number of rotatable bonds is 2. The maximum absolute atomic E-state index is 12.0. The Labute approximate surface area is 143 Å². The second kappa shape index (κ2) is 5.88. The number of aromatic nitrogens is 2. The second-order valence-corrected chi connectivity index (χ2v) is 7.38. The van der Waals surface area contributed by atoms with Crippen molar-refractivity contribution in [3.63, 3.8) is 0 Å². The van der Waals surface area contributed by atoms with Crippen molar-refractivity contribution in [3.05, 3.63) is 35.8 Å². The van der Waals surface area contributed by atoms with Crippen LogP contribution in [0.5, 0.6) is 0 Å². The predicted octanol–water partition coefficient (Wildman–Crippen LogP) is 2.62. The molecule has 2 aromatic rings. The van der Waals surface area contributed by atoms with E-state index in [0.29, 0.717) is 5.91 Å². The third-order valence-corrected chi connectivity index (χ3v) is 6.14. The average molecular weight is 326 g/mol. The lowest BCUT2D eigenvalue weighted by molar-refractivity contribution is -0.129. The molecule has 2 saturated heterocycles. The SMILES string of the molecule is Cc1c(CN2CCC[C@]3(CCC(=O)N3C)CC2)nc2ccccn12. The number of hydrogen-bond donors (Lipinski definition) is 0. The van der Waals surface area contributed by atoms with Crippen LogP contribution in [0, 0.1) is 6.92 Å². The predicted molar refractivity (Wildman–Crippen MR) is 93.8 cm³/mol. The Bertz CT molecular complexity index is 768. The first-order valence-corrected chi connectivity index (χ1v) is 9.01. The van der Waals surface area contributed by atoms with Gasteiger partial charge in [0.2, 0.25) is 5.91 Å². The van der Waals surface area contributed by atoms with E-state index < -0.39 is 0 Å². The molecule has 2 fully saturated rings. The molecule has 2 aliphatic rings. The summed E-state index contributed by atoms with van der Waals surface area (Å²) in [7, 11) is 2.00. The lowest BCUT2D eigenvalue weighted by Crippen LogP contribution is -2.43.